The fraction of sp³-hybridized carbons (Fsp3) is 0.269. The number of urea groups is 1. The Hall–Kier alpha value is -4.35. The van der Waals surface area contributed by atoms with Crippen LogP contribution in [0.4, 0.5) is 16.2 Å². The van der Waals surface area contributed by atoms with Gasteiger partial charge in [0.05, 0.1) is 48.2 Å². The number of morpholine rings is 1. The third-order valence-corrected chi connectivity index (χ3v) is 6.08. The molecule has 1 aliphatic heterocycles. The molecule has 3 aromatic heterocycles. The van der Waals surface area contributed by atoms with E-state index in [0.29, 0.717) is 16.8 Å². The van der Waals surface area contributed by atoms with Crippen LogP contribution in [-0.2, 0) is 11.3 Å². The molecule has 0 spiro atoms. The molecule has 0 radical (unpaired) electrons. The summed E-state index contributed by atoms with van der Waals surface area (Å²) in [6.45, 7) is 4.00. The van der Waals surface area contributed by atoms with Crippen molar-refractivity contribution in [3.8, 4) is 11.1 Å². The van der Waals surface area contributed by atoms with Gasteiger partial charge in [0.15, 0.2) is 5.69 Å². The number of pyridine rings is 2. The molecule has 1 aliphatic rings. The molecule has 5 rings (SSSR count). The molecule has 0 aliphatic carbocycles. The molecule has 37 heavy (non-hydrogen) atoms. The predicted molar refractivity (Wildman–Crippen MR) is 140 cm³/mol. The second kappa shape index (κ2) is 10.7. The molecule has 11 nitrogen and oxygen atoms in total. The second-order valence-corrected chi connectivity index (χ2v) is 9.00. The van der Waals surface area contributed by atoms with Gasteiger partial charge < -0.3 is 20.3 Å². The van der Waals surface area contributed by atoms with E-state index >= 15 is 0 Å². The Morgan fingerprint density at radius 3 is 2.59 bits per heavy atom. The molecule has 1 saturated heterocycles. The summed E-state index contributed by atoms with van der Waals surface area (Å²) in [5.74, 6) is -0.337. The molecule has 190 valence electrons. The highest BCUT2D eigenvalue weighted by Crippen LogP contribution is 2.27. The first-order valence-electron chi connectivity index (χ1n) is 11.9. The number of aromatic nitrogens is 4. The minimum absolute atomic E-state index is 0.244. The van der Waals surface area contributed by atoms with Crippen LogP contribution in [0.25, 0.3) is 22.0 Å². The summed E-state index contributed by atoms with van der Waals surface area (Å²) in [6.07, 6.45) is 4.95. The zero-order valence-electron chi connectivity index (χ0n) is 20.7. The lowest BCUT2D eigenvalue weighted by Crippen LogP contribution is -2.35. The van der Waals surface area contributed by atoms with Crippen molar-refractivity contribution in [3.63, 3.8) is 0 Å². The van der Waals surface area contributed by atoms with Gasteiger partial charge in [-0.25, -0.2) is 4.79 Å². The van der Waals surface area contributed by atoms with E-state index in [0.717, 1.165) is 55.2 Å². The number of hydrogen-bond donors (Lipinski definition) is 3. The van der Waals surface area contributed by atoms with Crippen LogP contribution in [0.3, 0.4) is 0 Å². The third kappa shape index (κ3) is 5.74. The van der Waals surface area contributed by atoms with Gasteiger partial charge in [0.25, 0.3) is 5.91 Å². The topological polar surface area (TPSA) is 128 Å². The number of anilines is 2. The lowest BCUT2D eigenvalue weighted by Gasteiger charge is -2.26. The predicted octanol–water partition coefficient (Wildman–Crippen LogP) is 3.20. The Morgan fingerprint density at radius 2 is 1.84 bits per heavy atom. The van der Waals surface area contributed by atoms with E-state index in [9.17, 15) is 9.59 Å². The maximum absolute atomic E-state index is 13.1. The number of carbonyl (C=O) groups is 2. The number of rotatable bonds is 6. The highest BCUT2D eigenvalue weighted by Gasteiger charge is 2.17. The summed E-state index contributed by atoms with van der Waals surface area (Å²) >= 11 is 0. The van der Waals surface area contributed by atoms with Gasteiger partial charge in [0.2, 0.25) is 0 Å². The van der Waals surface area contributed by atoms with Crippen LogP contribution >= 0.6 is 0 Å². The first kappa shape index (κ1) is 24.3. The molecule has 3 N–H and O–H groups in total. The van der Waals surface area contributed by atoms with Crippen molar-refractivity contribution in [1.82, 2.24) is 30.0 Å². The van der Waals surface area contributed by atoms with Crippen molar-refractivity contribution in [2.45, 2.75) is 6.54 Å². The summed E-state index contributed by atoms with van der Waals surface area (Å²) in [5.41, 5.74) is 4.75. The average Bonchev–Trinajstić information content (AvgIpc) is 3.34. The smallest absolute Gasteiger partial charge is 0.321 e. The van der Waals surface area contributed by atoms with E-state index < -0.39 is 0 Å². The zero-order chi connectivity index (χ0) is 25.8. The first-order chi connectivity index (χ1) is 18.0. The fourth-order valence-electron chi connectivity index (χ4n) is 4.04. The number of benzene rings is 1. The molecule has 0 unspecified atom stereocenters. The lowest BCUT2D eigenvalue weighted by atomic mass is 10.0. The van der Waals surface area contributed by atoms with E-state index in [1.54, 1.807) is 32.7 Å². The van der Waals surface area contributed by atoms with E-state index in [4.69, 9.17) is 4.74 Å². The van der Waals surface area contributed by atoms with Crippen LogP contribution in [0.5, 0.6) is 0 Å². The molecule has 1 fully saturated rings. The number of fused-ring (bicyclic) bond motifs is 1. The Bertz CT molecular complexity index is 1410. The third-order valence-electron chi connectivity index (χ3n) is 6.08. The van der Waals surface area contributed by atoms with E-state index in [1.165, 1.54) is 4.90 Å². The normalized spacial score (nSPS) is 13.9. The number of nitrogens with one attached hydrogen (secondary N) is 3. The Morgan fingerprint density at radius 1 is 1.00 bits per heavy atom. The van der Waals surface area contributed by atoms with E-state index in [1.807, 2.05) is 36.4 Å². The highest BCUT2D eigenvalue weighted by atomic mass is 16.5. The SMILES string of the molecule is CN(C)C(=O)Nc1cncc(-c2ccc3[nH]nc(C(=O)Nc4ccc(CN5CCOCC5)nc4)c3c2)c1. The summed E-state index contributed by atoms with van der Waals surface area (Å²) in [5, 5.41) is 13.5. The van der Waals surface area contributed by atoms with Gasteiger partial charge in [-0.3, -0.25) is 24.8 Å². The molecule has 11 heteroatoms. The molecule has 4 heterocycles. The minimum atomic E-state index is -0.337. The van der Waals surface area contributed by atoms with E-state index in [2.05, 4.69) is 35.7 Å². The number of aromatic amines is 1. The number of amides is 3. The van der Waals surface area contributed by atoms with Gasteiger partial charge in [-0.05, 0) is 35.9 Å². The molecule has 3 amide bonds. The van der Waals surface area contributed by atoms with E-state index in [-0.39, 0.29) is 17.6 Å². The molecule has 4 aromatic rings. The van der Waals surface area contributed by atoms with Crippen LogP contribution in [0.2, 0.25) is 0 Å². The Balaban J connectivity index is 1.31. The van der Waals surface area contributed by atoms with Crippen molar-refractivity contribution < 1.29 is 14.3 Å². The quantitative estimate of drug-likeness (QED) is 0.371. The van der Waals surface area contributed by atoms with Crippen molar-refractivity contribution in [2.24, 2.45) is 0 Å². The standard InChI is InChI=1S/C26H28N8O3/c1-33(2)26(36)30-21-11-18(13-27-14-21)17-3-6-23-22(12-17)24(32-31-23)25(35)29-19-4-5-20(28-15-19)16-34-7-9-37-10-8-34/h3-6,11-15H,7-10,16H2,1-2H3,(H,29,35)(H,30,36)(H,31,32). The molecule has 1 aromatic carbocycles. The zero-order valence-corrected chi connectivity index (χ0v) is 20.7. The van der Waals surface area contributed by atoms with Crippen LogP contribution in [-0.4, -0.2) is 82.3 Å². The minimum Gasteiger partial charge on any atom is -0.379 e. The van der Waals surface area contributed by atoms with Crippen molar-refractivity contribution in [3.05, 3.63) is 66.4 Å². The van der Waals surface area contributed by atoms with Gasteiger partial charge in [0, 0.05) is 50.9 Å². The maximum Gasteiger partial charge on any atom is 0.321 e. The molecule has 0 saturated carbocycles. The fourth-order valence-corrected chi connectivity index (χ4v) is 4.04. The first-order valence-corrected chi connectivity index (χ1v) is 11.9. The Labute approximate surface area is 213 Å². The molecular formula is C26H28N8O3. The number of carbonyl (C=O) groups excluding carboxylic acids is 2. The van der Waals surface area contributed by atoms with Crippen LogP contribution < -0.4 is 10.6 Å². The summed E-state index contributed by atoms with van der Waals surface area (Å²) in [7, 11) is 3.34. The monoisotopic (exact) mass is 500 g/mol. The molecule has 0 atom stereocenters. The summed E-state index contributed by atoms with van der Waals surface area (Å²) in [4.78, 5) is 37.5. The van der Waals surface area contributed by atoms with Gasteiger partial charge in [-0.15, -0.1) is 0 Å². The number of hydrogen-bond acceptors (Lipinski definition) is 7. The Kier molecular flexibility index (Phi) is 7.06. The highest BCUT2D eigenvalue weighted by molar-refractivity contribution is 6.11. The number of ether oxygens (including phenoxy) is 1. The largest absolute Gasteiger partial charge is 0.379 e. The van der Waals surface area contributed by atoms with Crippen molar-refractivity contribution in [2.75, 3.05) is 51.0 Å². The molecule has 0 bridgehead atoms. The van der Waals surface area contributed by atoms with Crippen molar-refractivity contribution >= 4 is 34.2 Å². The van der Waals surface area contributed by atoms with Crippen LogP contribution in [0, 0.1) is 0 Å². The van der Waals surface area contributed by atoms with Gasteiger partial charge in [-0.2, -0.15) is 5.10 Å². The summed E-state index contributed by atoms with van der Waals surface area (Å²) in [6, 6.07) is 11.0. The van der Waals surface area contributed by atoms with Crippen LogP contribution in [0.15, 0.2) is 55.0 Å². The number of nitrogens with zero attached hydrogens (tertiary/aromatic N) is 5. The second-order valence-electron chi connectivity index (χ2n) is 9.00. The van der Waals surface area contributed by atoms with Crippen molar-refractivity contribution in [1.29, 1.82) is 0 Å². The van der Waals surface area contributed by atoms with Gasteiger partial charge in [0.1, 0.15) is 0 Å². The maximum atomic E-state index is 13.1. The van der Waals surface area contributed by atoms with Gasteiger partial charge >= 0.3 is 6.03 Å². The van der Waals surface area contributed by atoms with Crippen LogP contribution in [0.1, 0.15) is 16.2 Å². The molecular weight excluding hydrogens is 472 g/mol. The lowest BCUT2D eigenvalue weighted by molar-refractivity contribution is 0.0336. The summed E-state index contributed by atoms with van der Waals surface area (Å²) < 4.78 is 5.39. The van der Waals surface area contributed by atoms with Gasteiger partial charge in [-0.1, -0.05) is 6.07 Å². The number of H-pyrrole nitrogens is 1. The average molecular weight is 501 g/mol.